The normalized spacial score (nSPS) is 16.8. The second-order valence-electron chi connectivity index (χ2n) is 5.84. The third-order valence-electron chi connectivity index (χ3n) is 4.13. The fourth-order valence-electron chi connectivity index (χ4n) is 2.54. The van der Waals surface area contributed by atoms with Crippen LogP contribution in [0.1, 0.15) is 32.8 Å². The minimum Gasteiger partial charge on any atom is -0.381 e. The monoisotopic (exact) mass is 324 g/mol. The highest BCUT2D eigenvalue weighted by molar-refractivity contribution is 5.27. The third-order valence-corrected chi connectivity index (χ3v) is 4.13. The summed E-state index contributed by atoms with van der Waals surface area (Å²) in [7, 11) is 0. The number of aliphatic hydroxyl groups is 1. The zero-order chi connectivity index (χ0) is 17.0. The number of hydrogen-bond acceptors (Lipinski definition) is 4. The molecule has 0 bridgehead atoms. The Bertz CT molecular complexity index is 635. The number of halogens is 2. The number of aromatic nitrogens is 3. The molecule has 0 amide bonds. The summed E-state index contributed by atoms with van der Waals surface area (Å²) < 4.78 is 28.9. The molecule has 0 aliphatic carbocycles. The Morgan fingerprint density at radius 2 is 2.09 bits per heavy atom. The van der Waals surface area contributed by atoms with Gasteiger partial charge in [0.1, 0.15) is 29.9 Å². The molecule has 0 spiro atoms. The summed E-state index contributed by atoms with van der Waals surface area (Å²) in [6, 6.07) is 2.84. The average Bonchev–Trinajstić information content (AvgIpc) is 2.99. The second kappa shape index (κ2) is 7.14. The molecule has 126 valence electrons. The molecule has 0 fully saturated rings. The lowest BCUT2D eigenvalue weighted by atomic mass is 9.86. The molecule has 0 radical (unpaired) electrons. The van der Waals surface area contributed by atoms with Gasteiger partial charge in [-0.15, -0.1) is 0 Å². The molecule has 1 unspecified atom stereocenters. The van der Waals surface area contributed by atoms with E-state index in [2.05, 4.69) is 15.4 Å². The summed E-state index contributed by atoms with van der Waals surface area (Å²) in [4.78, 5) is 3.84. The van der Waals surface area contributed by atoms with Gasteiger partial charge in [0.15, 0.2) is 0 Å². The van der Waals surface area contributed by atoms with E-state index in [1.165, 1.54) is 23.4 Å². The summed E-state index contributed by atoms with van der Waals surface area (Å²) in [6.07, 6.45) is 3.65. The van der Waals surface area contributed by atoms with Gasteiger partial charge >= 0.3 is 0 Å². The SMILES string of the molecule is CCC(C)N[C@H](C)[C@](O)(Cn1cncn1)c1ccc(F)cc1F. The van der Waals surface area contributed by atoms with Gasteiger partial charge in [-0.25, -0.2) is 18.4 Å². The third kappa shape index (κ3) is 3.92. The van der Waals surface area contributed by atoms with Crippen LogP contribution in [-0.2, 0) is 12.1 Å². The fraction of sp³-hybridized carbons (Fsp3) is 0.500. The molecular weight excluding hydrogens is 302 g/mol. The minimum absolute atomic E-state index is 0.000152. The Kier molecular flexibility index (Phi) is 5.43. The fourth-order valence-corrected chi connectivity index (χ4v) is 2.54. The first-order chi connectivity index (χ1) is 10.9. The maximum Gasteiger partial charge on any atom is 0.137 e. The number of hydrogen-bond donors (Lipinski definition) is 2. The van der Waals surface area contributed by atoms with Crippen LogP contribution in [-0.4, -0.2) is 32.0 Å². The smallest absolute Gasteiger partial charge is 0.137 e. The Labute approximate surface area is 134 Å². The van der Waals surface area contributed by atoms with Crippen molar-refractivity contribution in [3.8, 4) is 0 Å². The second-order valence-corrected chi connectivity index (χ2v) is 5.84. The number of benzene rings is 1. The molecule has 0 saturated carbocycles. The molecule has 1 aromatic carbocycles. The molecule has 1 heterocycles. The Morgan fingerprint density at radius 1 is 1.35 bits per heavy atom. The van der Waals surface area contributed by atoms with Crippen molar-refractivity contribution in [3.63, 3.8) is 0 Å². The van der Waals surface area contributed by atoms with E-state index in [-0.39, 0.29) is 18.2 Å². The van der Waals surface area contributed by atoms with Crippen molar-refractivity contribution in [3.05, 3.63) is 48.1 Å². The van der Waals surface area contributed by atoms with E-state index in [0.717, 1.165) is 18.6 Å². The van der Waals surface area contributed by atoms with E-state index in [9.17, 15) is 13.9 Å². The van der Waals surface area contributed by atoms with Crippen molar-refractivity contribution in [2.24, 2.45) is 0 Å². The van der Waals surface area contributed by atoms with Crippen molar-refractivity contribution >= 4 is 0 Å². The van der Waals surface area contributed by atoms with Gasteiger partial charge in [0.25, 0.3) is 0 Å². The van der Waals surface area contributed by atoms with Crippen LogP contribution in [0.25, 0.3) is 0 Å². The Morgan fingerprint density at radius 3 is 2.65 bits per heavy atom. The lowest BCUT2D eigenvalue weighted by molar-refractivity contribution is -0.0229. The van der Waals surface area contributed by atoms with Crippen LogP contribution in [0.3, 0.4) is 0 Å². The zero-order valence-corrected chi connectivity index (χ0v) is 13.5. The van der Waals surface area contributed by atoms with Crippen LogP contribution in [0.5, 0.6) is 0 Å². The minimum atomic E-state index is -1.60. The summed E-state index contributed by atoms with van der Waals surface area (Å²) in [6.45, 7) is 5.76. The van der Waals surface area contributed by atoms with Gasteiger partial charge in [-0.1, -0.05) is 13.0 Å². The van der Waals surface area contributed by atoms with Gasteiger partial charge in [0.05, 0.1) is 6.54 Å². The van der Waals surface area contributed by atoms with Gasteiger partial charge in [0, 0.05) is 23.7 Å². The van der Waals surface area contributed by atoms with Crippen molar-refractivity contribution in [2.45, 2.75) is 51.4 Å². The van der Waals surface area contributed by atoms with Crippen molar-refractivity contribution < 1.29 is 13.9 Å². The molecule has 3 atom stereocenters. The molecule has 0 aliphatic heterocycles. The van der Waals surface area contributed by atoms with Crippen molar-refractivity contribution in [1.82, 2.24) is 20.1 Å². The van der Waals surface area contributed by atoms with Crippen LogP contribution in [0.4, 0.5) is 8.78 Å². The summed E-state index contributed by atoms with van der Waals surface area (Å²) in [5.74, 6) is -1.47. The number of rotatable bonds is 7. The topological polar surface area (TPSA) is 63.0 Å². The maximum absolute atomic E-state index is 14.3. The molecule has 1 aromatic heterocycles. The zero-order valence-electron chi connectivity index (χ0n) is 13.5. The molecule has 5 nitrogen and oxygen atoms in total. The first-order valence-electron chi connectivity index (χ1n) is 7.63. The van der Waals surface area contributed by atoms with E-state index in [4.69, 9.17) is 0 Å². The van der Waals surface area contributed by atoms with Crippen LogP contribution in [0.15, 0.2) is 30.9 Å². The number of nitrogens with one attached hydrogen (secondary N) is 1. The van der Waals surface area contributed by atoms with Gasteiger partial charge in [-0.2, -0.15) is 5.10 Å². The van der Waals surface area contributed by atoms with Gasteiger partial charge in [-0.3, -0.25) is 0 Å². The van der Waals surface area contributed by atoms with Gasteiger partial charge in [0.2, 0.25) is 0 Å². The molecule has 0 saturated heterocycles. The largest absolute Gasteiger partial charge is 0.381 e. The van der Waals surface area contributed by atoms with Gasteiger partial charge in [-0.05, 0) is 26.3 Å². The highest BCUT2D eigenvalue weighted by Gasteiger charge is 2.39. The molecule has 2 rings (SSSR count). The highest BCUT2D eigenvalue weighted by Crippen LogP contribution is 2.30. The average molecular weight is 324 g/mol. The van der Waals surface area contributed by atoms with Gasteiger partial charge < -0.3 is 10.4 Å². The predicted octanol–water partition coefficient (Wildman–Crippen LogP) is 2.22. The quantitative estimate of drug-likeness (QED) is 0.820. The predicted molar refractivity (Wildman–Crippen MR) is 82.6 cm³/mol. The molecule has 2 N–H and O–H groups in total. The molecule has 0 aliphatic rings. The van der Waals surface area contributed by atoms with E-state index in [0.29, 0.717) is 0 Å². The first kappa shape index (κ1) is 17.5. The van der Waals surface area contributed by atoms with E-state index in [1.807, 2.05) is 13.8 Å². The van der Waals surface area contributed by atoms with E-state index >= 15 is 0 Å². The molecule has 7 heteroatoms. The summed E-state index contributed by atoms with van der Waals surface area (Å²) >= 11 is 0. The Balaban J connectivity index is 2.41. The maximum atomic E-state index is 14.3. The number of nitrogens with zero attached hydrogens (tertiary/aromatic N) is 3. The highest BCUT2D eigenvalue weighted by atomic mass is 19.1. The van der Waals surface area contributed by atoms with Crippen molar-refractivity contribution in [1.29, 1.82) is 0 Å². The molecule has 23 heavy (non-hydrogen) atoms. The Hall–Kier alpha value is -1.86. The van der Waals surface area contributed by atoms with Crippen LogP contribution >= 0.6 is 0 Å². The van der Waals surface area contributed by atoms with E-state index < -0.39 is 23.3 Å². The van der Waals surface area contributed by atoms with Crippen LogP contribution in [0, 0.1) is 11.6 Å². The summed E-state index contributed by atoms with van der Waals surface area (Å²) in [5, 5.41) is 18.5. The van der Waals surface area contributed by atoms with E-state index in [1.54, 1.807) is 6.92 Å². The van der Waals surface area contributed by atoms with Crippen LogP contribution in [0.2, 0.25) is 0 Å². The standard InChI is InChI=1S/C16H22F2N4O/c1-4-11(2)21-12(3)16(23,8-22-10-19-9-20-22)14-6-5-13(17)7-15(14)18/h5-7,9-12,21,23H,4,8H2,1-3H3/t11?,12-,16-/m1/s1. The molecule has 2 aromatic rings. The van der Waals surface area contributed by atoms with Crippen LogP contribution < -0.4 is 5.32 Å². The van der Waals surface area contributed by atoms with Crippen molar-refractivity contribution in [2.75, 3.05) is 0 Å². The molecular formula is C16H22F2N4O. The lowest BCUT2D eigenvalue weighted by Crippen LogP contribution is -2.52. The first-order valence-corrected chi connectivity index (χ1v) is 7.63. The lowest BCUT2D eigenvalue weighted by Gasteiger charge is -2.36. The summed E-state index contributed by atoms with van der Waals surface area (Å²) in [5.41, 5.74) is -1.58.